The fourth-order valence-corrected chi connectivity index (χ4v) is 3.02. The van der Waals surface area contributed by atoms with Crippen molar-refractivity contribution in [3.8, 4) is 6.07 Å². The molecule has 0 saturated carbocycles. The average Bonchev–Trinajstić information content (AvgIpc) is 2.82. The predicted molar refractivity (Wildman–Crippen MR) is 65.0 cm³/mol. The second-order valence-electron chi connectivity index (χ2n) is 3.02. The van der Waals surface area contributed by atoms with Crippen molar-refractivity contribution in [1.29, 1.82) is 5.26 Å². The lowest BCUT2D eigenvalue weighted by molar-refractivity contribution is 0.112. The molecule has 0 N–H and O–H groups in total. The van der Waals surface area contributed by atoms with Crippen LogP contribution in [0.3, 0.4) is 0 Å². The van der Waals surface area contributed by atoms with E-state index in [9.17, 15) is 4.79 Å². The predicted octanol–water partition coefficient (Wildman–Crippen LogP) is 3.58. The van der Waals surface area contributed by atoms with Crippen LogP contribution >= 0.6 is 23.1 Å². The number of hydrogen-bond acceptors (Lipinski definition) is 4. The van der Waals surface area contributed by atoms with Gasteiger partial charge in [-0.25, -0.2) is 0 Å². The van der Waals surface area contributed by atoms with Crippen molar-refractivity contribution >= 4 is 29.4 Å². The Hall–Kier alpha value is -1.57. The highest BCUT2D eigenvalue weighted by Gasteiger charge is 2.05. The van der Waals surface area contributed by atoms with Crippen LogP contribution in [0.15, 0.2) is 44.8 Å². The summed E-state index contributed by atoms with van der Waals surface area (Å²) in [6.45, 7) is 0. The molecule has 1 aromatic carbocycles. The fourth-order valence-electron chi connectivity index (χ4n) is 1.23. The van der Waals surface area contributed by atoms with Gasteiger partial charge in [0.15, 0.2) is 0 Å². The van der Waals surface area contributed by atoms with Crippen LogP contribution in [0.5, 0.6) is 0 Å². The first-order chi connectivity index (χ1) is 7.83. The van der Waals surface area contributed by atoms with E-state index in [-0.39, 0.29) is 0 Å². The molecule has 0 spiro atoms. The zero-order valence-electron chi connectivity index (χ0n) is 8.21. The molecule has 2 aromatic rings. The van der Waals surface area contributed by atoms with Crippen molar-refractivity contribution in [1.82, 2.24) is 0 Å². The smallest absolute Gasteiger partial charge is 0.150 e. The number of nitriles is 1. The second kappa shape index (κ2) is 4.97. The Morgan fingerprint density at radius 2 is 2.25 bits per heavy atom. The molecular weight excluding hydrogens is 238 g/mol. The summed E-state index contributed by atoms with van der Waals surface area (Å²) in [4.78, 5) is 11.5. The van der Waals surface area contributed by atoms with Crippen LogP contribution in [0.4, 0.5) is 0 Å². The van der Waals surface area contributed by atoms with Gasteiger partial charge in [0.05, 0.1) is 9.77 Å². The molecular formula is C12H7NOS2. The van der Waals surface area contributed by atoms with Crippen LogP contribution in [0.25, 0.3) is 0 Å². The number of aldehydes is 1. The number of benzene rings is 1. The van der Waals surface area contributed by atoms with Crippen LogP contribution in [0.2, 0.25) is 0 Å². The first-order valence-corrected chi connectivity index (χ1v) is 6.24. The number of nitrogens with zero attached hydrogens (tertiary/aromatic N) is 1. The molecule has 0 fully saturated rings. The van der Waals surface area contributed by atoms with Crippen LogP contribution in [-0.2, 0) is 0 Å². The van der Waals surface area contributed by atoms with Gasteiger partial charge < -0.3 is 0 Å². The van der Waals surface area contributed by atoms with E-state index in [1.54, 1.807) is 35.2 Å². The zero-order chi connectivity index (χ0) is 11.4. The van der Waals surface area contributed by atoms with E-state index >= 15 is 0 Å². The molecule has 0 unspecified atom stereocenters. The van der Waals surface area contributed by atoms with Crippen molar-refractivity contribution in [3.63, 3.8) is 0 Å². The molecule has 0 amide bonds. The lowest BCUT2D eigenvalue weighted by Crippen LogP contribution is -1.85. The molecule has 0 aliphatic rings. The van der Waals surface area contributed by atoms with E-state index in [0.717, 1.165) is 15.4 Å². The van der Waals surface area contributed by atoms with Gasteiger partial charge in [-0.15, -0.1) is 11.3 Å². The SMILES string of the molecule is N#Cc1cc(C=O)ccc1Sc1cccs1. The number of carbonyl (C=O) groups is 1. The molecule has 0 aliphatic heterocycles. The highest BCUT2D eigenvalue weighted by atomic mass is 32.2. The van der Waals surface area contributed by atoms with Crippen LogP contribution in [0.1, 0.15) is 15.9 Å². The number of hydrogen-bond donors (Lipinski definition) is 0. The molecule has 16 heavy (non-hydrogen) atoms. The van der Waals surface area contributed by atoms with Crippen LogP contribution in [-0.4, -0.2) is 6.29 Å². The van der Waals surface area contributed by atoms with Gasteiger partial charge in [0.2, 0.25) is 0 Å². The molecule has 1 heterocycles. The minimum atomic E-state index is 0.534. The van der Waals surface area contributed by atoms with Gasteiger partial charge in [-0.2, -0.15) is 5.26 Å². The Balaban J connectivity index is 2.34. The van der Waals surface area contributed by atoms with Crippen molar-refractivity contribution in [2.45, 2.75) is 9.10 Å². The standard InChI is InChI=1S/C12H7NOS2/c13-7-10-6-9(8-14)3-4-11(10)16-12-2-1-5-15-12/h1-6,8H. The molecule has 2 nitrogen and oxygen atoms in total. The van der Waals surface area contributed by atoms with E-state index < -0.39 is 0 Å². The second-order valence-corrected chi connectivity index (χ2v) is 5.31. The van der Waals surface area contributed by atoms with E-state index in [2.05, 4.69) is 6.07 Å². The van der Waals surface area contributed by atoms with Gasteiger partial charge in [-0.05, 0) is 23.6 Å². The van der Waals surface area contributed by atoms with Gasteiger partial charge in [0, 0.05) is 10.5 Å². The summed E-state index contributed by atoms with van der Waals surface area (Å²) in [7, 11) is 0. The Morgan fingerprint density at radius 3 is 2.88 bits per heavy atom. The van der Waals surface area contributed by atoms with Gasteiger partial charge in [-0.1, -0.05) is 23.9 Å². The summed E-state index contributed by atoms with van der Waals surface area (Å²) in [6, 6.07) is 11.2. The topological polar surface area (TPSA) is 40.9 Å². The maximum absolute atomic E-state index is 10.6. The molecule has 0 aliphatic carbocycles. The minimum Gasteiger partial charge on any atom is -0.298 e. The first-order valence-electron chi connectivity index (χ1n) is 4.54. The van der Waals surface area contributed by atoms with Crippen molar-refractivity contribution in [3.05, 3.63) is 46.8 Å². The number of rotatable bonds is 3. The Labute approximate surface area is 102 Å². The van der Waals surface area contributed by atoms with Gasteiger partial charge in [0.25, 0.3) is 0 Å². The first kappa shape index (κ1) is 10.9. The van der Waals surface area contributed by atoms with Crippen molar-refractivity contribution in [2.24, 2.45) is 0 Å². The lowest BCUT2D eigenvalue weighted by atomic mass is 10.1. The lowest BCUT2D eigenvalue weighted by Gasteiger charge is -2.01. The maximum Gasteiger partial charge on any atom is 0.150 e. The van der Waals surface area contributed by atoms with E-state index in [1.807, 2.05) is 23.6 Å². The molecule has 1 aromatic heterocycles. The van der Waals surface area contributed by atoms with Gasteiger partial charge in [0.1, 0.15) is 12.4 Å². The van der Waals surface area contributed by atoms with Gasteiger partial charge >= 0.3 is 0 Å². The molecule has 78 valence electrons. The maximum atomic E-state index is 10.6. The molecule has 0 saturated heterocycles. The summed E-state index contributed by atoms with van der Waals surface area (Å²) in [5.74, 6) is 0. The summed E-state index contributed by atoms with van der Waals surface area (Å²) in [6.07, 6.45) is 0.750. The summed E-state index contributed by atoms with van der Waals surface area (Å²) >= 11 is 3.18. The number of thiophene rings is 1. The summed E-state index contributed by atoms with van der Waals surface area (Å²) in [5, 5.41) is 11.0. The summed E-state index contributed by atoms with van der Waals surface area (Å²) in [5.41, 5.74) is 1.08. The Kier molecular flexibility index (Phi) is 3.40. The van der Waals surface area contributed by atoms with E-state index in [4.69, 9.17) is 5.26 Å². The zero-order valence-corrected chi connectivity index (χ0v) is 9.85. The molecule has 2 rings (SSSR count). The normalized spacial score (nSPS) is 9.69. The monoisotopic (exact) mass is 245 g/mol. The van der Waals surface area contributed by atoms with E-state index in [0.29, 0.717) is 11.1 Å². The van der Waals surface area contributed by atoms with Gasteiger partial charge in [-0.3, -0.25) is 4.79 Å². The van der Waals surface area contributed by atoms with Crippen molar-refractivity contribution < 1.29 is 4.79 Å². The third-order valence-corrected chi connectivity index (χ3v) is 4.08. The fraction of sp³-hybridized carbons (Fsp3) is 0. The summed E-state index contributed by atoms with van der Waals surface area (Å²) < 4.78 is 1.13. The average molecular weight is 245 g/mol. The van der Waals surface area contributed by atoms with Crippen LogP contribution in [0, 0.1) is 11.3 Å². The Morgan fingerprint density at radius 1 is 1.38 bits per heavy atom. The molecule has 0 radical (unpaired) electrons. The number of carbonyl (C=O) groups excluding carboxylic acids is 1. The van der Waals surface area contributed by atoms with Crippen molar-refractivity contribution in [2.75, 3.05) is 0 Å². The third kappa shape index (κ3) is 2.32. The van der Waals surface area contributed by atoms with E-state index in [1.165, 1.54) is 0 Å². The molecule has 4 heteroatoms. The van der Waals surface area contributed by atoms with Crippen LogP contribution < -0.4 is 0 Å². The third-order valence-electron chi connectivity index (χ3n) is 1.97. The largest absolute Gasteiger partial charge is 0.298 e. The highest BCUT2D eigenvalue weighted by Crippen LogP contribution is 2.33. The Bertz CT molecular complexity index is 541. The quantitative estimate of drug-likeness (QED) is 0.776. The molecule has 0 atom stereocenters. The highest BCUT2D eigenvalue weighted by molar-refractivity contribution is 8.01. The molecule has 0 bridgehead atoms. The minimum absolute atomic E-state index is 0.534.